The maximum Gasteiger partial charge on any atom is 0.254 e. The molecule has 1 aromatic rings. The molecule has 1 aliphatic carbocycles. The molecule has 2 fully saturated rings. The Bertz CT molecular complexity index is 500. The van der Waals surface area contributed by atoms with Gasteiger partial charge < -0.3 is 9.80 Å². The molecule has 22 heavy (non-hydrogen) atoms. The van der Waals surface area contributed by atoms with Crippen LogP contribution in [0.2, 0.25) is 0 Å². The third kappa shape index (κ3) is 3.49. The van der Waals surface area contributed by atoms with Gasteiger partial charge in [-0.3, -0.25) is 4.79 Å². The zero-order chi connectivity index (χ0) is 15.5. The third-order valence-corrected chi connectivity index (χ3v) is 5.38. The van der Waals surface area contributed by atoms with Gasteiger partial charge in [-0.25, -0.2) is 4.39 Å². The van der Waals surface area contributed by atoms with E-state index in [0.29, 0.717) is 5.56 Å². The topological polar surface area (TPSA) is 24.8 Å². The van der Waals surface area contributed by atoms with Crippen molar-refractivity contribution >= 4 is 5.91 Å². The molecule has 120 valence electrons. The second kappa shape index (κ2) is 6.78. The molecule has 1 amide bonds. The second-order valence-corrected chi connectivity index (χ2v) is 6.91. The van der Waals surface area contributed by atoms with Crippen LogP contribution in [0.1, 0.15) is 43.0 Å². The van der Waals surface area contributed by atoms with E-state index < -0.39 is 0 Å². The van der Waals surface area contributed by atoms with Crippen LogP contribution < -0.4 is 4.90 Å². The van der Waals surface area contributed by atoms with Gasteiger partial charge in [-0.1, -0.05) is 6.92 Å². The predicted octanol–water partition coefficient (Wildman–Crippen LogP) is 1.75. The van der Waals surface area contributed by atoms with E-state index >= 15 is 0 Å². The minimum Gasteiger partial charge on any atom is -0.330 e. The predicted molar refractivity (Wildman–Crippen MR) is 84.4 cm³/mol. The van der Waals surface area contributed by atoms with E-state index in [1.165, 1.54) is 37.8 Å². The molecular formula is C18H26FN2O+. The van der Waals surface area contributed by atoms with E-state index in [1.807, 2.05) is 4.90 Å². The molecule has 1 saturated carbocycles. The van der Waals surface area contributed by atoms with Crippen LogP contribution in [0.3, 0.4) is 0 Å². The Morgan fingerprint density at radius 1 is 1.09 bits per heavy atom. The highest BCUT2D eigenvalue weighted by Crippen LogP contribution is 2.22. The number of nitrogens with zero attached hydrogens (tertiary/aromatic N) is 1. The Morgan fingerprint density at radius 3 is 2.27 bits per heavy atom. The highest BCUT2D eigenvalue weighted by Gasteiger charge is 2.31. The molecule has 2 aliphatic rings. The van der Waals surface area contributed by atoms with E-state index in [9.17, 15) is 9.18 Å². The molecule has 1 aliphatic heterocycles. The standard InChI is InChI=1S/C18H25FN2O/c1-14-2-8-17(9-3-14)20-10-12-21(13-11-20)18(22)15-4-6-16(19)7-5-15/h4-7,14,17H,2-3,8-13H2,1H3/p+1. The third-order valence-electron chi connectivity index (χ3n) is 5.38. The van der Waals surface area contributed by atoms with E-state index in [1.54, 1.807) is 17.0 Å². The van der Waals surface area contributed by atoms with Gasteiger partial charge in [0.15, 0.2) is 0 Å². The number of rotatable bonds is 2. The molecule has 1 saturated heterocycles. The minimum absolute atomic E-state index is 0.0383. The number of carbonyl (C=O) groups excluding carboxylic acids is 1. The number of amides is 1. The van der Waals surface area contributed by atoms with Crippen molar-refractivity contribution in [2.75, 3.05) is 26.2 Å². The summed E-state index contributed by atoms with van der Waals surface area (Å²) in [7, 11) is 0. The number of hydrogen-bond donors (Lipinski definition) is 1. The quantitative estimate of drug-likeness (QED) is 0.884. The number of benzene rings is 1. The van der Waals surface area contributed by atoms with E-state index in [2.05, 4.69) is 6.92 Å². The fraction of sp³-hybridized carbons (Fsp3) is 0.611. The highest BCUT2D eigenvalue weighted by molar-refractivity contribution is 5.94. The molecule has 0 spiro atoms. The smallest absolute Gasteiger partial charge is 0.254 e. The Labute approximate surface area is 132 Å². The summed E-state index contributed by atoms with van der Waals surface area (Å²) in [6.45, 7) is 6.08. The largest absolute Gasteiger partial charge is 0.330 e. The summed E-state index contributed by atoms with van der Waals surface area (Å²) in [4.78, 5) is 16.0. The monoisotopic (exact) mass is 305 g/mol. The highest BCUT2D eigenvalue weighted by atomic mass is 19.1. The zero-order valence-electron chi connectivity index (χ0n) is 13.4. The Balaban J connectivity index is 1.53. The van der Waals surface area contributed by atoms with E-state index in [4.69, 9.17) is 0 Å². The van der Waals surface area contributed by atoms with Gasteiger partial charge >= 0.3 is 0 Å². The maximum atomic E-state index is 12.9. The van der Waals surface area contributed by atoms with Crippen molar-refractivity contribution in [3.8, 4) is 0 Å². The van der Waals surface area contributed by atoms with Crippen molar-refractivity contribution in [2.45, 2.75) is 38.6 Å². The lowest BCUT2D eigenvalue weighted by Crippen LogP contribution is -3.18. The van der Waals surface area contributed by atoms with Crippen LogP contribution in [0.15, 0.2) is 24.3 Å². The van der Waals surface area contributed by atoms with Crippen LogP contribution in [0.5, 0.6) is 0 Å². The number of piperazine rings is 1. The molecule has 0 bridgehead atoms. The first kappa shape index (κ1) is 15.5. The fourth-order valence-corrected chi connectivity index (χ4v) is 3.85. The van der Waals surface area contributed by atoms with Crippen LogP contribution in [-0.2, 0) is 0 Å². The van der Waals surface area contributed by atoms with E-state index in [-0.39, 0.29) is 11.7 Å². The minimum atomic E-state index is -0.294. The van der Waals surface area contributed by atoms with Gasteiger partial charge in [-0.15, -0.1) is 0 Å². The lowest BCUT2D eigenvalue weighted by atomic mass is 9.86. The molecule has 1 heterocycles. The van der Waals surface area contributed by atoms with Crippen molar-refractivity contribution in [2.24, 2.45) is 5.92 Å². The van der Waals surface area contributed by atoms with Gasteiger partial charge in [0.05, 0.1) is 32.2 Å². The second-order valence-electron chi connectivity index (χ2n) is 6.91. The fourth-order valence-electron chi connectivity index (χ4n) is 3.85. The van der Waals surface area contributed by atoms with E-state index in [0.717, 1.165) is 38.1 Å². The molecule has 0 unspecified atom stereocenters. The number of carbonyl (C=O) groups is 1. The summed E-state index contributed by atoms with van der Waals surface area (Å²) < 4.78 is 12.9. The van der Waals surface area contributed by atoms with Crippen LogP contribution in [0.4, 0.5) is 4.39 Å². The van der Waals surface area contributed by atoms with Crippen LogP contribution in [0.25, 0.3) is 0 Å². The molecule has 1 N–H and O–H groups in total. The molecule has 0 radical (unpaired) electrons. The van der Waals surface area contributed by atoms with Gasteiger partial charge in [0.2, 0.25) is 0 Å². The molecular weight excluding hydrogens is 279 g/mol. The summed E-state index contributed by atoms with van der Waals surface area (Å²) >= 11 is 0. The lowest BCUT2D eigenvalue weighted by molar-refractivity contribution is -0.930. The number of hydrogen-bond acceptors (Lipinski definition) is 1. The first-order valence-electron chi connectivity index (χ1n) is 8.53. The SMILES string of the molecule is CC1CCC([NH+]2CCN(C(=O)c3ccc(F)cc3)CC2)CC1. The molecule has 3 rings (SSSR count). The average Bonchev–Trinajstić information content (AvgIpc) is 2.56. The summed E-state index contributed by atoms with van der Waals surface area (Å²) in [5, 5.41) is 0. The van der Waals surface area contributed by atoms with Crippen LogP contribution in [-0.4, -0.2) is 43.0 Å². The maximum absolute atomic E-state index is 12.9. The zero-order valence-corrected chi connectivity index (χ0v) is 13.4. The summed E-state index contributed by atoms with van der Waals surface area (Å²) in [5.74, 6) is 0.630. The van der Waals surface area contributed by atoms with Crippen molar-refractivity contribution in [3.05, 3.63) is 35.6 Å². The average molecular weight is 305 g/mol. The van der Waals surface area contributed by atoms with Crippen LogP contribution >= 0.6 is 0 Å². The van der Waals surface area contributed by atoms with Crippen molar-refractivity contribution < 1.29 is 14.1 Å². The number of halogens is 1. The van der Waals surface area contributed by atoms with Gasteiger partial charge in [0.1, 0.15) is 5.82 Å². The molecule has 4 heteroatoms. The summed E-state index contributed by atoms with van der Waals surface area (Å²) in [6, 6.07) is 6.67. The molecule has 1 aromatic carbocycles. The summed E-state index contributed by atoms with van der Waals surface area (Å²) in [5.41, 5.74) is 0.594. The lowest BCUT2D eigenvalue weighted by Gasteiger charge is -2.39. The first-order chi connectivity index (χ1) is 10.6. The normalized spacial score (nSPS) is 26.9. The molecule has 0 atom stereocenters. The summed E-state index contributed by atoms with van der Waals surface area (Å²) in [6.07, 6.45) is 5.38. The molecule has 0 aromatic heterocycles. The Hall–Kier alpha value is -1.42. The van der Waals surface area contributed by atoms with Gasteiger partial charge in [0.25, 0.3) is 5.91 Å². The van der Waals surface area contributed by atoms with Crippen molar-refractivity contribution in [1.29, 1.82) is 0 Å². The van der Waals surface area contributed by atoms with Gasteiger partial charge in [-0.2, -0.15) is 0 Å². The van der Waals surface area contributed by atoms with Crippen molar-refractivity contribution in [1.82, 2.24) is 4.90 Å². The van der Waals surface area contributed by atoms with Gasteiger partial charge in [-0.05, 0) is 55.9 Å². The van der Waals surface area contributed by atoms with Crippen molar-refractivity contribution in [3.63, 3.8) is 0 Å². The Kier molecular flexibility index (Phi) is 4.77. The Morgan fingerprint density at radius 2 is 1.68 bits per heavy atom. The first-order valence-corrected chi connectivity index (χ1v) is 8.53. The number of quaternary nitrogens is 1. The van der Waals surface area contributed by atoms with Crippen LogP contribution in [0, 0.1) is 11.7 Å². The number of nitrogens with one attached hydrogen (secondary N) is 1. The molecule has 3 nitrogen and oxygen atoms in total. The van der Waals surface area contributed by atoms with Gasteiger partial charge in [0, 0.05) is 5.56 Å².